The quantitative estimate of drug-likeness (QED) is 0.452. The largest absolute Gasteiger partial charge is 0.419 e. The molecule has 0 saturated carbocycles. The molecule has 17 heavy (non-hydrogen) atoms. The lowest BCUT2D eigenvalue weighted by atomic mass is 10.0. The number of aliphatic hydroxyl groups excluding tert-OH is 3. The van der Waals surface area contributed by atoms with Gasteiger partial charge in [-0.05, 0) is 0 Å². The Kier molecular flexibility index (Phi) is 3.11. The number of nitrogens with one attached hydrogen (secondary N) is 1. The highest BCUT2D eigenvalue weighted by atomic mass is 16.6. The molecule has 1 saturated heterocycles. The van der Waals surface area contributed by atoms with Crippen molar-refractivity contribution < 1.29 is 24.5 Å². The standard InChI is InChI=1S/C9H11NO7/c11-1-4-5(12)6(13)7(17-4)3-2-16-9(15)10-8(3)14/h2,4-7,11-13H,1H2,(H,10,14,15). The van der Waals surface area contributed by atoms with Crippen LogP contribution in [-0.4, -0.2) is 45.2 Å². The van der Waals surface area contributed by atoms with Gasteiger partial charge >= 0.3 is 5.76 Å². The van der Waals surface area contributed by atoms with E-state index in [0.29, 0.717) is 0 Å². The fourth-order valence-electron chi connectivity index (χ4n) is 1.72. The maximum atomic E-state index is 11.4. The molecule has 2 rings (SSSR count). The maximum Gasteiger partial charge on any atom is 0.419 e. The van der Waals surface area contributed by atoms with Crippen LogP contribution in [0, 0.1) is 0 Å². The molecule has 8 heteroatoms. The molecule has 1 aliphatic heterocycles. The van der Waals surface area contributed by atoms with Gasteiger partial charge in [-0.25, -0.2) is 4.79 Å². The zero-order valence-corrected chi connectivity index (χ0v) is 8.57. The Balaban J connectivity index is 2.35. The molecule has 4 N–H and O–H groups in total. The van der Waals surface area contributed by atoms with E-state index in [-0.39, 0.29) is 5.56 Å². The van der Waals surface area contributed by atoms with E-state index in [9.17, 15) is 19.8 Å². The average molecular weight is 245 g/mol. The van der Waals surface area contributed by atoms with Gasteiger partial charge < -0.3 is 24.5 Å². The normalized spacial score (nSPS) is 32.9. The Morgan fingerprint density at radius 1 is 1.29 bits per heavy atom. The monoisotopic (exact) mass is 245 g/mol. The van der Waals surface area contributed by atoms with Gasteiger partial charge in [0, 0.05) is 0 Å². The molecule has 8 nitrogen and oxygen atoms in total. The van der Waals surface area contributed by atoms with Crippen LogP contribution in [0.3, 0.4) is 0 Å². The predicted molar refractivity (Wildman–Crippen MR) is 52.3 cm³/mol. The van der Waals surface area contributed by atoms with E-state index in [1.165, 1.54) is 0 Å². The molecule has 1 fully saturated rings. The molecule has 0 radical (unpaired) electrons. The molecular weight excluding hydrogens is 234 g/mol. The van der Waals surface area contributed by atoms with Crippen molar-refractivity contribution in [2.24, 2.45) is 0 Å². The van der Waals surface area contributed by atoms with Gasteiger partial charge in [0.25, 0.3) is 5.56 Å². The maximum absolute atomic E-state index is 11.4. The minimum atomic E-state index is -1.37. The molecule has 4 atom stereocenters. The highest BCUT2D eigenvalue weighted by Gasteiger charge is 2.44. The van der Waals surface area contributed by atoms with Crippen molar-refractivity contribution in [3.05, 3.63) is 32.7 Å². The summed E-state index contributed by atoms with van der Waals surface area (Å²) >= 11 is 0. The van der Waals surface area contributed by atoms with Gasteiger partial charge in [-0.2, -0.15) is 0 Å². The second kappa shape index (κ2) is 4.41. The summed E-state index contributed by atoms with van der Waals surface area (Å²) < 4.78 is 9.57. The minimum absolute atomic E-state index is 0.118. The molecule has 4 unspecified atom stereocenters. The summed E-state index contributed by atoms with van der Waals surface area (Å²) in [6.45, 7) is -0.497. The number of aromatic amines is 1. The minimum Gasteiger partial charge on any atom is -0.417 e. The van der Waals surface area contributed by atoms with Crippen molar-refractivity contribution in [3.8, 4) is 0 Å². The molecule has 1 aromatic heterocycles. The first kappa shape index (κ1) is 12.0. The number of aliphatic hydroxyl groups is 3. The number of hydrogen-bond acceptors (Lipinski definition) is 7. The zero-order valence-electron chi connectivity index (χ0n) is 8.57. The van der Waals surface area contributed by atoms with Gasteiger partial charge in [0.15, 0.2) is 0 Å². The number of H-pyrrole nitrogens is 1. The van der Waals surface area contributed by atoms with Crippen molar-refractivity contribution in [1.29, 1.82) is 0 Å². The first-order valence-corrected chi connectivity index (χ1v) is 4.89. The van der Waals surface area contributed by atoms with E-state index in [1.807, 2.05) is 4.98 Å². The van der Waals surface area contributed by atoms with Gasteiger partial charge in [0.1, 0.15) is 30.7 Å². The highest BCUT2D eigenvalue weighted by Crippen LogP contribution is 2.31. The number of aromatic nitrogens is 1. The summed E-state index contributed by atoms with van der Waals surface area (Å²) in [4.78, 5) is 24.0. The van der Waals surface area contributed by atoms with E-state index in [0.717, 1.165) is 6.26 Å². The van der Waals surface area contributed by atoms with Crippen molar-refractivity contribution in [3.63, 3.8) is 0 Å². The van der Waals surface area contributed by atoms with Crippen LogP contribution >= 0.6 is 0 Å². The third-order valence-electron chi connectivity index (χ3n) is 2.62. The smallest absolute Gasteiger partial charge is 0.417 e. The van der Waals surface area contributed by atoms with Crippen molar-refractivity contribution in [2.75, 3.05) is 6.61 Å². The summed E-state index contributed by atoms with van der Waals surface area (Å²) in [6.07, 6.45) is -3.95. The molecule has 0 amide bonds. The SMILES string of the molecule is O=c1[nH]c(=O)c(C2OC(CO)C(O)C2O)co1. The van der Waals surface area contributed by atoms with Crippen LogP contribution < -0.4 is 11.3 Å². The fraction of sp³-hybridized carbons (Fsp3) is 0.556. The van der Waals surface area contributed by atoms with Gasteiger partial charge in [0.2, 0.25) is 0 Å². The van der Waals surface area contributed by atoms with E-state index in [4.69, 9.17) is 9.84 Å². The topological polar surface area (TPSA) is 133 Å². The zero-order chi connectivity index (χ0) is 12.6. The Morgan fingerprint density at radius 3 is 2.53 bits per heavy atom. The summed E-state index contributed by atoms with van der Waals surface area (Å²) in [7, 11) is 0. The molecule has 1 aliphatic rings. The molecule has 1 aromatic rings. The Bertz CT molecular complexity index is 507. The van der Waals surface area contributed by atoms with Crippen LogP contribution in [0.1, 0.15) is 11.7 Å². The highest BCUT2D eigenvalue weighted by molar-refractivity contribution is 5.12. The lowest BCUT2D eigenvalue weighted by molar-refractivity contribution is -0.0237. The second-order valence-corrected chi connectivity index (χ2v) is 3.69. The molecule has 2 heterocycles. The summed E-state index contributed by atoms with van der Waals surface area (Å²) in [5.74, 6) is -0.925. The summed E-state index contributed by atoms with van der Waals surface area (Å²) in [5.41, 5.74) is -0.886. The van der Waals surface area contributed by atoms with E-state index in [1.54, 1.807) is 0 Å². The average Bonchev–Trinajstić information content (AvgIpc) is 2.57. The Labute approximate surface area is 94.1 Å². The third-order valence-corrected chi connectivity index (χ3v) is 2.62. The number of rotatable bonds is 2. The third kappa shape index (κ3) is 2.03. The molecule has 0 aliphatic carbocycles. The van der Waals surface area contributed by atoms with Gasteiger partial charge in [-0.3, -0.25) is 9.78 Å². The summed E-state index contributed by atoms with van der Waals surface area (Å²) in [5, 5.41) is 28.0. The van der Waals surface area contributed by atoms with Crippen molar-refractivity contribution >= 4 is 0 Å². The molecular formula is C9H11NO7. The van der Waals surface area contributed by atoms with Crippen molar-refractivity contribution in [2.45, 2.75) is 24.4 Å². The Hall–Kier alpha value is -1.48. The van der Waals surface area contributed by atoms with Gasteiger partial charge in [0.05, 0.1) is 12.2 Å². The molecule has 0 bridgehead atoms. The van der Waals surface area contributed by atoms with E-state index >= 15 is 0 Å². The predicted octanol–water partition coefficient (Wildman–Crippen LogP) is -2.52. The fourth-order valence-corrected chi connectivity index (χ4v) is 1.72. The Morgan fingerprint density at radius 2 is 2.00 bits per heavy atom. The van der Waals surface area contributed by atoms with Gasteiger partial charge in [-0.1, -0.05) is 0 Å². The number of ether oxygens (including phenoxy) is 1. The van der Waals surface area contributed by atoms with E-state index < -0.39 is 42.3 Å². The molecule has 0 spiro atoms. The summed E-state index contributed by atoms with van der Waals surface area (Å²) in [6, 6.07) is 0. The van der Waals surface area contributed by atoms with Gasteiger partial charge in [-0.15, -0.1) is 0 Å². The van der Waals surface area contributed by atoms with Crippen LogP contribution in [-0.2, 0) is 4.74 Å². The van der Waals surface area contributed by atoms with Crippen LogP contribution in [0.2, 0.25) is 0 Å². The molecule has 94 valence electrons. The van der Waals surface area contributed by atoms with Crippen LogP contribution in [0.15, 0.2) is 20.3 Å². The van der Waals surface area contributed by atoms with Crippen LogP contribution in [0.5, 0.6) is 0 Å². The lowest BCUT2D eigenvalue weighted by Crippen LogP contribution is -2.33. The van der Waals surface area contributed by atoms with E-state index in [2.05, 4.69) is 4.42 Å². The molecule has 0 aromatic carbocycles. The number of hydrogen-bond donors (Lipinski definition) is 4. The first-order valence-electron chi connectivity index (χ1n) is 4.89. The first-order chi connectivity index (χ1) is 8.04. The lowest BCUT2D eigenvalue weighted by Gasteiger charge is -2.12. The second-order valence-electron chi connectivity index (χ2n) is 3.69. The van der Waals surface area contributed by atoms with Crippen LogP contribution in [0.25, 0.3) is 0 Å². The van der Waals surface area contributed by atoms with Crippen LogP contribution in [0.4, 0.5) is 0 Å². The van der Waals surface area contributed by atoms with Crippen molar-refractivity contribution in [1.82, 2.24) is 4.98 Å².